The van der Waals surface area contributed by atoms with Crippen molar-refractivity contribution in [2.45, 2.75) is 46.3 Å². The van der Waals surface area contributed by atoms with Gasteiger partial charge in [0.15, 0.2) is 0 Å². The largest absolute Gasteiger partial charge is 0.491 e. The van der Waals surface area contributed by atoms with E-state index in [1.165, 1.54) is 5.56 Å². The van der Waals surface area contributed by atoms with E-state index in [1.54, 1.807) is 0 Å². The van der Waals surface area contributed by atoms with Crippen LogP contribution in [-0.4, -0.2) is 30.4 Å². The number of hydrogen-bond acceptors (Lipinski definition) is 3. The molecule has 0 bridgehead atoms. The Labute approximate surface area is 122 Å². The van der Waals surface area contributed by atoms with Crippen molar-refractivity contribution in [2.75, 3.05) is 13.2 Å². The smallest absolute Gasteiger partial charge is 0.122 e. The molecule has 110 valence electrons. The molecule has 2 atom stereocenters. The number of ether oxygens (including phenoxy) is 1. The van der Waals surface area contributed by atoms with Gasteiger partial charge in [-0.25, -0.2) is 0 Å². The predicted octanol–water partition coefficient (Wildman–Crippen LogP) is 2.85. The summed E-state index contributed by atoms with van der Waals surface area (Å²) in [4.78, 5) is 0. The zero-order valence-corrected chi connectivity index (χ0v) is 13.1. The van der Waals surface area contributed by atoms with Gasteiger partial charge in [-0.2, -0.15) is 0 Å². The van der Waals surface area contributed by atoms with E-state index in [4.69, 9.17) is 4.74 Å². The molecule has 19 heavy (non-hydrogen) atoms. The summed E-state index contributed by atoms with van der Waals surface area (Å²) in [6, 6.07) is 6.49. The molecular formula is C15H26ClNO2. The number of aliphatic hydroxyl groups excluding tert-OH is 1. The fourth-order valence-electron chi connectivity index (χ4n) is 1.69. The molecule has 1 aromatic carbocycles. The average Bonchev–Trinajstić information content (AvgIpc) is 2.34. The number of rotatable bonds is 7. The van der Waals surface area contributed by atoms with Crippen LogP contribution in [0.4, 0.5) is 0 Å². The number of benzene rings is 1. The Morgan fingerprint density at radius 2 is 2.00 bits per heavy atom. The molecule has 2 N–H and O–H groups in total. The summed E-state index contributed by atoms with van der Waals surface area (Å²) in [7, 11) is 0. The maximum absolute atomic E-state index is 9.81. The van der Waals surface area contributed by atoms with Gasteiger partial charge in [-0.1, -0.05) is 24.6 Å². The minimum atomic E-state index is -0.472. The first-order chi connectivity index (χ1) is 8.52. The Balaban J connectivity index is 0.00000324. The fourth-order valence-corrected chi connectivity index (χ4v) is 1.69. The molecule has 3 nitrogen and oxygen atoms in total. The lowest BCUT2D eigenvalue weighted by Gasteiger charge is -2.17. The SMILES string of the molecule is CCC(C)NCC(O)COc1ccc(C)cc1C.Cl. The lowest BCUT2D eigenvalue weighted by molar-refractivity contribution is 0.103. The van der Waals surface area contributed by atoms with Crippen molar-refractivity contribution < 1.29 is 9.84 Å². The Hall–Kier alpha value is -0.770. The molecule has 0 radical (unpaired) electrons. The Morgan fingerprint density at radius 1 is 1.32 bits per heavy atom. The second-order valence-electron chi connectivity index (χ2n) is 4.95. The monoisotopic (exact) mass is 287 g/mol. The molecule has 0 aliphatic heterocycles. The van der Waals surface area contributed by atoms with Crippen molar-refractivity contribution in [2.24, 2.45) is 0 Å². The third-order valence-corrected chi connectivity index (χ3v) is 3.08. The van der Waals surface area contributed by atoms with E-state index in [9.17, 15) is 5.11 Å². The summed E-state index contributed by atoms with van der Waals surface area (Å²) >= 11 is 0. The van der Waals surface area contributed by atoms with Crippen LogP contribution >= 0.6 is 12.4 Å². The van der Waals surface area contributed by atoms with E-state index in [-0.39, 0.29) is 12.4 Å². The van der Waals surface area contributed by atoms with Gasteiger partial charge in [-0.15, -0.1) is 12.4 Å². The minimum absolute atomic E-state index is 0. The normalized spacial score (nSPS) is 13.5. The van der Waals surface area contributed by atoms with Crippen molar-refractivity contribution in [3.05, 3.63) is 29.3 Å². The number of aliphatic hydroxyl groups is 1. The first-order valence-electron chi connectivity index (χ1n) is 6.64. The van der Waals surface area contributed by atoms with Crippen molar-refractivity contribution in [3.8, 4) is 5.75 Å². The second kappa shape index (κ2) is 9.18. The summed E-state index contributed by atoms with van der Waals surface area (Å²) < 4.78 is 5.63. The number of aryl methyl sites for hydroxylation is 2. The average molecular weight is 288 g/mol. The topological polar surface area (TPSA) is 41.5 Å². The van der Waals surface area contributed by atoms with Crippen LogP contribution in [0.1, 0.15) is 31.4 Å². The first kappa shape index (κ1) is 18.2. The van der Waals surface area contributed by atoms with Crippen LogP contribution in [0.3, 0.4) is 0 Å². The summed E-state index contributed by atoms with van der Waals surface area (Å²) in [5, 5.41) is 13.1. The molecule has 1 aromatic rings. The van der Waals surface area contributed by atoms with Gasteiger partial charge in [0, 0.05) is 12.6 Å². The molecule has 4 heteroatoms. The van der Waals surface area contributed by atoms with Crippen LogP contribution in [0, 0.1) is 13.8 Å². The second-order valence-corrected chi connectivity index (χ2v) is 4.95. The number of hydrogen-bond donors (Lipinski definition) is 2. The van der Waals surface area contributed by atoms with Gasteiger partial charge in [0.25, 0.3) is 0 Å². The van der Waals surface area contributed by atoms with Gasteiger partial charge in [-0.05, 0) is 38.8 Å². The lowest BCUT2D eigenvalue weighted by atomic mass is 10.1. The third kappa shape index (κ3) is 6.81. The van der Waals surface area contributed by atoms with E-state index in [2.05, 4.69) is 32.2 Å². The molecule has 0 aromatic heterocycles. The standard InChI is InChI=1S/C15H25NO2.ClH/c1-5-13(4)16-9-14(17)10-18-15-7-6-11(2)8-12(15)3;/h6-8,13-14,16-17H,5,9-10H2,1-4H3;1H. The van der Waals surface area contributed by atoms with Gasteiger partial charge >= 0.3 is 0 Å². The zero-order valence-electron chi connectivity index (χ0n) is 12.3. The van der Waals surface area contributed by atoms with Gasteiger partial charge < -0.3 is 15.2 Å². The molecular weight excluding hydrogens is 262 g/mol. The van der Waals surface area contributed by atoms with Crippen molar-refractivity contribution in [3.63, 3.8) is 0 Å². The summed E-state index contributed by atoms with van der Waals surface area (Å²) in [5.41, 5.74) is 2.33. The van der Waals surface area contributed by atoms with Crippen LogP contribution in [0.15, 0.2) is 18.2 Å². The molecule has 0 spiro atoms. The highest BCUT2D eigenvalue weighted by Gasteiger charge is 2.08. The van der Waals surface area contributed by atoms with Crippen LogP contribution in [-0.2, 0) is 0 Å². The molecule has 0 fully saturated rings. The molecule has 0 aliphatic rings. The first-order valence-corrected chi connectivity index (χ1v) is 6.64. The quantitative estimate of drug-likeness (QED) is 0.810. The highest BCUT2D eigenvalue weighted by molar-refractivity contribution is 5.85. The van der Waals surface area contributed by atoms with Crippen LogP contribution in [0.5, 0.6) is 5.75 Å². The molecule has 0 amide bonds. The summed E-state index contributed by atoms with van der Waals surface area (Å²) in [5.74, 6) is 0.850. The molecule has 0 aliphatic carbocycles. The maximum atomic E-state index is 9.81. The Kier molecular flexibility index (Phi) is 8.81. The highest BCUT2D eigenvalue weighted by Crippen LogP contribution is 2.18. The van der Waals surface area contributed by atoms with E-state index in [0.29, 0.717) is 19.2 Å². The van der Waals surface area contributed by atoms with E-state index in [0.717, 1.165) is 17.7 Å². The molecule has 0 saturated carbocycles. The van der Waals surface area contributed by atoms with E-state index in [1.807, 2.05) is 19.1 Å². The van der Waals surface area contributed by atoms with Crippen molar-refractivity contribution in [1.82, 2.24) is 5.32 Å². The molecule has 0 saturated heterocycles. The maximum Gasteiger partial charge on any atom is 0.122 e. The van der Waals surface area contributed by atoms with Crippen LogP contribution in [0.2, 0.25) is 0 Å². The molecule has 1 rings (SSSR count). The number of halogens is 1. The summed E-state index contributed by atoms with van der Waals surface area (Å²) in [6.07, 6.45) is 0.588. The Bertz CT molecular complexity index is 371. The minimum Gasteiger partial charge on any atom is -0.491 e. The van der Waals surface area contributed by atoms with Crippen LogP contribution in [0.25, 0.3) is 0 Å². The number of nitrogens with one attached hydrogen (secondary N) is 1. The lowest BCUT2D eigenvalue weighted by Crippen LogP contribution is -2.36. The van der Waals surface area contributed by atoms with E-state index < -0.39 is 6.10 Å². The van der Waals surface area contributed by atoms with Crippen molar-refractivity contribution in [1.29, 1.82) is 0 Å². The van der Waals surface area contributed by atoms with Gasteiger partial charge in [0.1, 0.15) is 18.5 Å². The van der Waals surface area contributed by atoms with Crippen LogP contribution < -0.4 is 10.1 Å². The van der Waals surface area contributed by atoms with Gasteiger partial charge in [0.2, 0.25) is 0 Å². The van der Waals surface area contributed by atoms with Gasteiger partial charge in [-0.3, -0.25) is 0 Å². The zero-order chi connectivity index (χ0) is 13.5. The van der Waals surface area contributed by atoms with E-state index >= 15 is 0 Å². The van der Waals surface area contributed by atoms with Crippen molar-refractivity contribution >= 4 is 12.4 Å². The molecule has 0 heterocycles. The highest BCUT2D eigenvalue weighted by atomic mass is 35.5. The fraction of sp³-hybridized carbons (Fsp3) is 0.600. The third-order valence-electron chi connectivity index (χ3n) is 3.08. The van der Waals surface area contributed by atoms with Gasteiger partial charge in [0.05, 0.1) is 0 Å². The predicted molar refractivity (Wildman–Crippen MR) is 82.4 cm³/mol. The Morgan fingerprint density at radius 3 is 2.58 bits per heavy atom. The summed E-state index contributed by atoms with van der Waals surface area (Å²) in [6.45, 7) is 9.20. The molecule has 2 unspecified atom stereocenters.